The van der Waals surface area contributed by atoms with E-state index in [1.54, 1.807) is 24.3 Å². The maximum absolute atomic E-state index is 11.1. The summed E-state index contributed by atoms with van der Waals surface area (Å²) in [7, 11) is 0. The summed E-state index contributed by atoms with van der Waals surface area (Å²) in [5, 5.41) is 10.8. The van der Waals surface area contributed by atoms with Crippen LogP contribution in [0.25, 0.3) is 22.3 Å². The number of nitrogens with zero attached hydrogens (tertiary/aromatic N) is 1. The number of hydrogen-bond acceptors (Lipinski definition) is 3. The predicted molar refractivity (Wildman–Crippen MR) is 110 cm³/mol. The molecule has 0 radical (unpaired) electrons. The first-order valence-electron chi connectivity index (χ1n) is 9.00. The topological polar surface area (TPSA) is 62.8 Å². The van der Waals surface area contributed by atoms with E-state index in [0.29, 0.717) is 5.69 Å². The van der Waals surface area contributed by atoms with Crippen LogP contribution in [0, 0.1) is 13.8 Å². The number of carbonyl (C=O) groups is 1. The van der Waals surface area contributed by atoms with Gasteiger partial charge in [0.25, 0.3) is 0 Å². The zero-order valence-corrected chi connectivity index (χ0v) is 15.6. The van der Waals surface area contributed by atoms with Crippen LogP contribution < -0.4 is 5.36 Å². The highest BCUT2D eigenvalue weighted by molar-refractivity contribution is 5.88. The normalized spacial score (nSPS) is 11.7. The van der Waals surface area contributed by atoms with Crippen LogP contribution in [0.5, 0.6) is 0 Å². The fourth-order valence-electron chi connectivity index (χ4n) is 3.33. The molecule has 0 saturated carbocycles. The van der Waals surface area contributed by atoms with Gasteiger partial charge in [-0.2, -0.15) is 0 Å². The number of aromatic carboxylic acids is 1. The highest BCUT2D eigenvalue weighted by atomic mass is 16.4. The van der Waals surface area contributed by atoms with Gasteiger partial charge in [-0.1, -0.05) is 36.4 Å². The molecule has 4 heteroatoms. The molecule has 28 heavy (non-hydrogen) atoms. The van der Waals surface area contributed by atoms with E-state index in [1.807, 2.05) is 56.3 Å². The Morgan fingerprint density at radius 3 is 2.32 bits per heavy atom. The van der Waals surface area contributed by atoms with Crippen LogP contribution in [-0.4, -0.2) is 11.1 Å². The minimum Gasteiger partial charge on any atom is -0.478 e. The van der Waals surface area contributed by atoms with Crippen molar-refractivity contribution in [2.24, 2.45) is 4.99 Å². The van der Waals surface area contributed by atoms with Crippen molar-refractivity contribution in [2.75, 3.05) is 0 Å². The Bertz CT molecular complexity index is 1240. The summed E-state index contributed by atoms with van der Waals surface area (Å²) in [5.41, 5.74) is 4.89. The van der Waals surface area contributed by atoms with E-state index in [4.69, 9.17) is 14.5 Å². The van der Waals surface area contributed by atoms with Gasteiger partial charge in [0.1, 0.15) is 11.3 Å². The zero-order chi connectivity index (χ0) is 19.7. The highest BCUT2D eigenvalue weighted by Crippen LogP contribution is 2.25. The quantitative estimate of drug-likeness (QED) is 0.508. The maximum Gasteiger partial charge on any atom is 0.335 e. The van der Waals surface area contributed by atoms with Gasteiger partial charge in [-0.3, -0.25) is 0 Å². The summed E-state index contributed by atoms with van der Waals surface area (Å²) in [6.07, 6.45) is 0. The van der Waals surface area contributed by atoms with Crippen molar-refractivity contribution >= 4 is 22.6 Å². The van der Waals surface area contributed by atoms with E-state index in [1.165, 1.54) is 0 Å². The van der Waals surface area contributed by atoms with Gasteiger partial charge >= 0.3 is 5.97 Å². The summed E-state index contributed by atoms with van der Waals surface area (Å²) in [6.45, 7) is 4.08. The Morgan fingerprint density at radius 1 is 0.929 bits per heavy atom. The Balaban J connectivity index is 1.98. The molecular formula is C24H19NO3. The van der Waals surface area contributed by atoms with Gasteiger partial charge in [0, 0.05) is 17.0 Å². The van der Waals surface area contributed by atoms with Crippen LogP contribution in [0.2, 0.25) is 0 Å². The van der Waals surface area contributed by atoms with Crippen molar-refractivity contribution in [3.05, 3.63) is 94.8 Å². The molecule has 0 spiro atoms. The third kappa shape index (κ3) is 3.45. The second-order valence-corrected chi connectivity index (χ2v) is 6.78. The van der Waals surface area contributed by atoms with E-state index in [2.05, 4.69) is 6.07 Å². The molecule has 0 amide bonds. The number of hydrogen-bond donors (Lipinski definition) is 1. The average molecular weight is 369 g/mol. The van der Waals surface area contributed by atoms with Crippen molar-refractivity contribution < 1.29 is 14.3 Å². The van der Waals surface area contributed by atoms with Crippen LogP contribution in [0.3, 0.4) is 0 Å². The largest absolute Gasteiger partial charge is 0.478 e. The van der Waals surface area contributed by atoms with Gasteiger partial charge in [-0.25, -0.2) is 9.79 Å². The molecule has 0 atom stereocenters. The van der Waals surface area contributed by atoms with Gasteiger partial charge < -0.3 is 9.52 Å². The molecule has 3 aromatic carbocycles. The first-order chi connectivity index (χ1) is 13.5. The van der Waals surface area contributed by atoms with E-state index in [-0.39, 0.29) is 5.56 Å². The Morgan fingerprint density at radius 2 is 1.64 bits per heavy atom. The third-order valence-electron chi connectivity index (χ3n) is 4.61. The lowest BCUT2D eigenvalue weighted by Crippen LogP contribution is -2.05. The maximum atomic E-state index is 11.1. The lowest BCUT2D eigenvalue weighted by molar-refractivity contribution is 0.0697. The van der Waals surface area contributed by atoms with Crippen molar-refractivity contribution in [3.8, 4) is 11.3 Å². The number of rotatable bonds is 3. The summed E-state index contributed by atoms with van der Waals surface area (Å²) in [6, 6.07) is 22.5. The molecule has 0 aliphatic rings. The molecular weight excluding hydrogens is 350 g/mol. The van der Waals surface area contributed by atoms with Crippen molar-refractivity contribution in [1.82, 2.24) is 0 Å². The van der Waals surface area contributed by atoms with E-state index in [9.17, 15) is 4.79 Å². The Labute approximate surface area is 162 Å². The van der Waals surface area contributed by atoms with Gasteiger partial charge in [-0.05, 0) is 55.3 Å². The lowest BCUT2D eigenvalue weighted by Gasteiger charge is -2.08. The van der Waals surface area contributed by atoms with Crippen LogP contribution >= 0.6 is 0 Å². The molecule has 0 fully saturated rings. The standard InChI is InChI=1S/C24H19NO3/c1-15-12-16(2)23-20(25-19-10-8-18(9-11-19)24(26)27)14-21(28-22(23)13-15)17-6-4-3-5-7-17/h3-14H,1-2H3,(H,26,27). The number of benzene rings is 3. The predicted octanol–water partition coefficient (Wildman–Crippen LogP) is 5.65. The van der Waals surface area contributed by atoms with Gasteiger partial charge in [0.05, 0.1) is 16.6 Å². The van der Waals surface area contributed by atoms with E-state index < -0.39 is 5.97 Å². The molecule has 4 aromatic rings. The van der Waals surface area contributed by atoms with Crippen molar-refractivity contribution in [3.63, 3.8) is 0 Å². The van der Waals surface area contributed by atoms with E-state index in [0.717, 1.165) is 38.8 Å². The molecule has 4 rings (SSSR count). The van der Waals surface area contributed by atoms with E-state index >= 15 is 0 Å². The molecule has 0 aliphatic carbocycles. The molecule has 0 aliphatic heterocycles. The van der Waals surface area contributed by atoms with Crippen molar-refractivity contribution in [1.29, 1.82) is 0 Å². The summed E-state index contributed by atoms with van der Waals surface area (Å²) in [5.74, 6) is -0.216. The average Bonchev–Trinajstić information content (AvgIpc) is 2.68. The lowest BCUT2D eigenvalue weighted by atomic mass is 10.0. The smallest absolute Gasteiger partial charge is 0.335 e. The molecule has 0 bridgehead atoms. The highest BCUT2D eigenvalue weighted by Gasteiger charge is 2.09. The van der Waals surface area contributed by atoms with Gasteiger partial charge in [-0.15, -0.1) is 0 Å². The summed E-state index contributed by atoms with van der Waals surface area (Å²) in [4.78, 5) is 15.9. The summed E-state index contributed by atoms with van der Waals surface area (Å²) >= 11 is 0. The molecule has 1 heterocycles. The second-order valence-electron chi connectivity index (χ2n) is 6.78. The zero-order valence-electron chi connectivity index (χ0n) is 15.6. The number of fused-ring (bicyclic) bond motifs is 1. The Kier molecular flexibility index (Phi) is 4.53. The van der Waals surface area contributed by atoms with Crippen LogP contribution in [0.15, 0.2) is 82.2 Å². The van der Waals surface area contributed by atoms with Crippen molar-refractivity contribution in [2.45, 2.75) is 13.8 Å². The van der Waals surface area contributed by atoms with Crippen LogP contribution in [0.1, 0.15) is 21.5 Å². The van der Waals surface area contributed by atoms with Gasteiger partial charge in [0.15, 0.2) is 0 Å². The van der Waals surface area contributed by atoms with Crippen LogP contribution in [0.4, 0.5) is 5.69 Å². The fraction of sp³-hybridized carbons (Fsp3) is 0.0833. The number of carboxylic acid groups (broad SMARTS) is 1. The molecule has 0 unspecified atom stereocenters. The SMILES string of the molecule is Cc1cc(C)c2c(=Nc3ccc(C(=O)O)cc3)cc(-c3ccccc3)oc2c1. The van der Waals surface area contributed by atoms with Gasteiger partial charge in [0.2, 0.25) is 0 Å². The monoisotopic (exact) mass is 369 g/mol. The number of carboxylic acids is 1. The van der Waals surface area contributed by atoms with Crippen LogP contribution in [-0.2, 0) is 0 Å². The molecule has 4 nitrogen and oxygen atoms in total. The molecule has 1 aromatic heterocycles. The first kappa shape index (κ1) is 17.7. The molecule has 0 saturated heterocycles. The first-order valence-corrected chi connectivity index (χ1v) is 9.00. The minimum absolute atomic E-state index is 0.239. The Hall–Kier alpha value is -3.66. The molecule has 138 valence electrons. The second kappa shape index (κ2) is 7.16. The third-order valence-corrected chi connectivity index (χ3v) is 4.61. The number of aryl methyl sites for hydroxylation is 2. The summed E-state index contributed by atoms with van der Waals surface area (Å²) < 4.78 is 6.20. The fourth-order valence-corrected chi connectivity index (χ4v) is 3.33. The minimum atomic E-state index is -0.951. The molecule has 1 N–H and O–H groups in total.